The fourth-order valence-corrected chi connectivity index (χ4v) is 3.87. The first-order valence-electron chi connectivity index (χ1n) is 9.39. The first kappa shape index (κ1) is 18.9. The largest absolute Gasteiger partial charge is 0.497 e. The molecule has 0 N–H and O–H groups in total. The normalized spacial score (nSPS) is 12.5. The van der Waals surface area contributed by atoms with E-state index < -0.39 is 0 Å². The lowest BCUT2D eigenvalue weighted by atomic mass is 10.0. The van der Waals surface area contributed by atoms with Gasteiger partial charge in [0.2, 0.25) is 0 Å². The number of nitro groups is 1. The molecule has 0 bridgehead atoms. The predicted molar refractivity (Wildman–Crippen MR) is 108 cm³/mol. The van der Waals surface area contributed by atoms with Crippen molar-refractivity contribution in [2.24, 2.45) is 0 Å². The maximum Gasteiger partial charge on any atom is 0.273 e. The van der Waals surface area contributed by atoms with E-state index in [9.17, 15) is 14.5 Å². The number of hydrogen-bond donors (Lipinski definition) is 0. The number of hydrogen-bond acceptors (Lipinski definition) is 4. The second-order valence-corrected chi connectivity index (χ2v) is 7.08. The van der Waals surface area contributed by atoms with Crippen molar-refractivity contribution in [2.75, 3.05) is 7.11 Å². The van der Waals surface area contributed by atoms with E-state index in [1.54, 1.807) is 37.4 Å². The van der Waals surface area contributed by atoms with Gasteiger partial charge in [0.05, 0.1) is 12.0 Å². The number of methoxy groups -OCH3 is 1. The molecule has 0 aliphatic heterocycles. The zero-order valence-electron chi connectivity index (χ0n) is 16.2. The first-order valence-corrected chi connectivity index (χ1v) is 9.39. The number of ether oxygens (including phenoxy) is 2. The minimum atomic E-state index is -0.321. The van der Waals surface area contributed by atoms with Crippen LogP contribution in [0.1, 0.15) is 23.1 Å². The van der Waals surface area contributed by atoms with Crippen molar-refractivity contribution in [3.63, 3.8) is 0 Å². The summed E-state index contributed by atoms with van der Waals surface area (Å²) < 4.78 is 25.1. The number of fused-ring (bicyclic) bond motifs is 1. The van der Waals surface area contributed by atoms with Gasteiger partial charge in [0.15, 0.2) is 0 Å². The van der Waals surface area contributed by atoms with Gasteiger partial charge in [-0.3, -0.25) is 10.1 Å². The van der Waals surface area contributed by atoms with Crippen LogP contribution in [0.3, 0.4) is 0 Å². The Morgan fingerprint density at radius 2 is 1.76 bits per heavy atom. The minimum absolute atomic E-state index is 0.163. The van der Waals surface area contributed by atoms with Crippen molar-refractivity contribution < 1.29 is 18.8 Å². The van der Waals surface area contributed by atoms with Crippen LogP contribution in [0.15, 0.2) is 48.5 Å². The van der Waals surface area contributed by atoms with Crippen LogP contribution in [0, 0.1) is 22.9 Å². The second kappa shape index (κ2) is 7.54. The highest BCUT2D eigenvalue weighted by Gasteiger charge is 2.28. The van der Waals surface area contributed by atoms with E-state index in [0.717, 1.165) is 40.7 Å². The van der Waals surface area contributed by atoms with E-state index in [2.05, 4.69) is 0 Å². The number of nitro benzene ring substituents is 1. The van der Waals surface area contributed by atoms with Crippen LogP contribution in [0.25, 0.3) is 11.1 Å². The molecule has 0 spiro atoms. The lowest BCUT2D eigenvalue weighted by molar-refractivity contribution is -0.385. The molecule has 0 heterocycles. The zero-order chi connectivity index (χ0) is 20.5. The lowest BCUT2D eigenvalue weighted by Crippen LogP contribution is -2.00. The third-order valence-electron chi connectivity index (χ3n) is 5.26. The van der Waals surface area contributed by atoms with Gasteiger partial charge in [-0.05, 0) is 67.6 Å². The fourth-order valence-electron chi connectivity index (χ4n) is 3.87. The molecule has 3 aromatic carbocycles. The highest BCUT2D eigenvalue weighted by atomic mass is 19.1. The third-order valence-corrected chi connectivity index (χ3v) is 5.26. The molecule has 0 amide bonds. The van der Waals surface area contributed by atoms with Crippen LogP contribution in [-0.4, -0.2) is 12.0 Å². The number of halogens is 1. The Bertz CT molecular complexity index is 1090. The van der Waals surface area contributed by atoms with Gasteiger partial charge in [-0.1, -0.05) is 12.1 Å². The molecule has 0 saturated heterocycles. The maximum atomic E-state index is 13.4. The highest BCUT2D eigenvalue weighted by Crippen LogP contribution is 2.44. The molecule has 0 fully saturated rings. The number of aryl methyl sites for hydroxylation is 1. The number of benzene rings is 3. The molecule has 3 aromatic rings. The van der Waals surface area contributed by atoms with Crippen LogP contribution >= 0.6 is 0 Å². The van der Waals surface area contributed by atoms with Gasteiger partial charge >= 0.3 is 0 Å². The third kappa shape index (κ3) is 3.53. The van der Waals surface area contributed by atoms with Crippen LogP contribution in [0.5, 0.6) is 17.2 Å². The minimum Gasteiger partial charge on any atom is -0.497 e. The summed E-state index contributed by atoms with van der Waals surface area (Å²) in [6, 6.07) is 13.2. The molecular formula is C23H20FNO4. The van der Waals surface area contributed by atoms with Crippen molar-refractivity contribution in [1.82, 2.24) is 0 Å². The summed E-state index contributed by atoms with van der Waals surface area (Å²) in [6.07, 6.45) is 2.29. The average Bonchev–Trinajstić information content (AvgIpc) is 3.20. The Kier molecular flexibility index (Phi) is 4.92. The van der Waals surface area contributed by atoms with Crippen molar-refractivity contribution >= 4 is 5.69 Å². The smallest absolute Gasteiger partial charge is 0.273 e. The van der Waals surface area contributed by atoms with E-state index in [1.165, 1.54) is 12.1 Å². The summed E-state index contributed by atoms with van der Waals surface area (Å²) in [5, 5.41) is 11.4. The molecule has 0 atom stereocenters. The van der Waals surface area contributed by atoms with Crippen LogP contribution in [0.4, 0.5) is 10.1 Å². The molecule has 29 heavy (non-hydrogen) atoms. The van der Waals surface area contributed by atoms with Crippen molar-refractivity contribution in [1.29, 1.82) is 0 Å². The second-order valence-electron chi connectivity index (χ2n) is 7.08. The Morgan fingerprint density at radius 1 is 1.03 bits per heavy atom. The van der Waals surface area contributed by atoms with Gasteiger partial charge in [-0.2, -0.15) is 0 Å². The van der Waals surface area contributed by atoms with Crippen molar-refractivity contribution in [2.45, 2.75) is 26.2 Å². The molecule has 148 valence electrons. The quantitative estimate of drug-likeness (QED) is 0.394. The molecule has 0 unspecified atom stereocenters. The van der Waals surface area contributed by atoms with Crippen LogP contribution in [0.2, 0.25) is 0 Å². The van der Waals surface area contributed by atoms with Gasteiger partial charge in [-0.15, -0.1) is 0 Å². The molecule has 0 radical (unpaired) electrons. The molecule has 0 aromatic heterocycles. The topological polar surface area (TPSA) is 61.6 Å². The average molecular weight is 393 g/mol. The lowest BCUT2D eigenvalue weighted by Gasteiger charge is -2.17. The van der Waals surface area contributed by atoms with E-state index in [0.29, 0.717) is 23.7 Å². The summed E-state index contributed by atoms with van der Waals surface area (Å²) in [5.74, 6) is 1.59. The Labute approximate surface area is 167 Å². The van der Waals surface area contributed by atoms with Crippen LogP contribution in [-0.2, 0) is 12.8 Å². The molecule has 1 aliphatic rings. The SMILES string of the molecule is COc1ccc(Oc2c(C)cc([N+](=O)[O-])c3c2CCC3)c(-c2ccc(F)cc2)c1. The summed E-state index contributed by atoms with van der Waals surface area (Å²) in [4.78, 5) is 11.1. The highest BCUT2D eigenvalue weighted by molar-refractivity contribution is 5.73. The maximum absolute atomic E-state index is 13.4. The molecular weight excluding hydrogens is 373 g/mol. The van der Waals surface area contributed by atoms with Crippen molar-refractivity contribution in [3.8, 4) is 28.4 Å². The summed E-state index contributed by atoms with van der Waals surface area (Å²) in [7, 11) is 1.58. The number of nitrogens with zero attached hydrogens (tertiary/aromatic N) is 1. The standard InChI is InChI=1S/C23H20FNO4/c1-14-12-21(25(26)27)18-4-3-5-19(18)23(14)29-22-11-10-17(28-2)13-20(22)15-6-8-16(24)9-7-15/h6-13H,3-5H2,1-2H3. The fraction of sp³-hybridized carbons (Fsp3) is 0.217. The van der Waals surface area contributed by atoms with Gasteiger partial charge in [-0.25, -0.2) is 4.39 Å². The van der Waals surface area contributed by atoms with Crippen molar-refractivity contribution in [3.05, 3.63) is 81.2 Å². The van der Waals surface area contributed by atoms with Gasteiger partial charge in [0.25, 0.3) is 5.69 Å². The summed E-state index contributed by atoms with van der Waals surface area (Å²) in [5.41, 5.74) is 4.09. The van der Waals surface area contributed by atoms with Gasteiger partial charge in [0, 0.05) is 22.8 Å². The van der Waals surface area contributed by atoms with E-state index in [4.69, 9.17) is 9.47 Å². The first-order chi connectivity index (χ1) is 14.0. The molecule has 0 saturated carbocycles. The van der Waals surface area contributed by atoms with E-state index in [-0.39, 0.29) is 16.4 Å². The zero-order valence-corrected chi connectivity index (χ0v) is 16.2. The van der Waals surface area contributed by atoms with Gasteiger partial charge < -0.3 is 9.47 Å². The summed E-state index contributed by atoms with van der Waals surface area (Å²) >= 11 is 0. The Hall–Kier alpha value is -3.41. The van der Waals surface area contributed by atoms with Gasteiger partial charge in [0.1, 0.15) is 23.1 Å². The van der Waals surface area contributed by atoms with E-state index >= 15 is 0 Å². The Morgan fingerprint density at radius 3 is 2.45 bits per heavy atom. The molecule has 6 heteroatoms. The number of rotatable bonds is 5. The summed E-state index contributed by atoms with van der Waals surface area (Å²) in [6.45, 7) is 1.82. The molecule has 5 nitrogen and oxygen atoms in total. The van der Waals surface area contributed by atoms with E-state index in [1.807, 2.05) is 13.0 Å². The Balaban J connectivity index is 1.82. The predicted octanol–water partition coefficient (Wildman–Crippen LogP) is 6.00. The molecule has 4 rings (SSSR count). The monoisotopic (exact) mass is 393 g/mol. The van der Waals surface area contributed by atoms with Crippen LogP contribution < -0.4 is 9.47 Å². The molecule has 1 aliphatic carbocycles.